The van der Waals surface area contributed by atoms with Gasteiger partial charge in [-0.05, 0) is 41.8 Å². The lowest BCUT2D eigenvalue weighted by atomic mass is 9.99. The van der Waals surface area contributed by atoms with Crippen LogP contribution in [0.5, 0.6) is 0 Å². The third-order valence-electron chi connectivity index (χ3n) is 3.04. The number of carbonyl (C=O) groups is 1. The molecule has 0 bridgehead atoms. The third kappa shape index (κ3) is 3.47. The number of aryl methyl sites for hydroxylation is 1. The summed E-state index contributed by atoms with van der Waals surface area (Å²) in [5.74, 6) is -1.20. The van der Waals surface area contributed by atoms with Crippen molar-refractivity contribution in [2.75, 3.05) is 0 Å². The summed E-state index contributed by atoms with van der Waals surface area (Å²) in [6.07, 6.45) is 0.153. The average Bonchev–Trinajstić information content (AvgIpc) is 2.37. The summed E-state index contributed by atoms with van der Waals surface area (Å²) in [5, 5.41) is 0. The van der Waals surface area contributed by atoms with Gasteiger partial charge in [-0.25, -0.2) is 8.78 Å². The van der Waals surface area contributed by atoms with Crippen LogP contribution in [0, 0.1) is 18.6 Å². The molecular formula is C16H14F2O. The molecule has 0 spiro atoms. The number of halogens is 2. The Morgan fingerprint density at radius 2 is 1.68 bits per heavy atom. The Bertz CT molecular complexity index is 605. The minimum atomic E-state index is -0.542. The first-order valence-corrected chi connectivity index (χ1v) is 6.06. The molecule has 0 saturated carbocycles. The van der Waals surface area contributed by atoms with E-state index in [0.717, 1.165) is 29.3 Å². The highest BCUT2D eigenvalue weighted by molar-refractivity contribution is 5.83. The van der Waals surface area contributed by atoms with Crippen LogP contribution in [-0.2, 0) is 17.6 Å². The SMILES string of the molecule is Cc1ccccc1CC(=O)Cc1cc(F)ccc1F. The fourth-order valence-electron chi connectivity index (χ4n) is 1.97. The predicted molar refractivity (Wildman–Crippen MR) is 70.0 cm³/mol. The molecule has 19 heavy (non-hydrogen) atoms. The average molecular weight is 260 g/mol. The Hall–Kier alpha value is -2.03. The highest BCUT2D eigenvalue weighted by atomic mass is 19.1. The van der Waals surface area contributed by atoms with Crippen molar-refractivity contribution in [3.63, 3.8) is 0 Å². The zero-order valence-electron chi connectivity index (χ0n) is 10.6. The van der Waals surface area contributed by atoms with Crippen LogP contribution in [0.15, 0.2) is 42.5 Å². The molecule has 0 fully saturated rings. The number of hydrogen-bond donors (Lipinski definition) is 0. The van der Waals surface area contributed by atoms with Gasteiger partial charge in [0.1, 0.15) is 17.4 Å². The molecule has 0 radical (unpaired) electrons. The van der Waals surface area contributed by atoms with Gasteiger partial charge in [-0.15, -0.1) is 0 Å². The van der Waals surface area contributed by atoms with E-state index in [-0.39, 0.29) is 24.2 Å². The number of benzene rings is 2. The van der Waals surface area contributed by atoms with E-state index in [2.05, 4.69) is 0 Å². The Kier molecular flexibility index (Phi) is 4.05. The number of hydrogen-bond acceptors (Lipinski definition) is 1. The molecule has 0 unspecified atom stereocenters. The van der Waals surface area contributed by atoms with Gasteiger partial charge in [0.25, 0.3) is 0 Å². The number of Topliss-reactive ketones (excluding diaryl/α,β-unsaturated/α-hetero) is 1. The van der Waals surface area contributed by atoms with Gasteiger partial charge in [0, 0.05) is 12.8 Å². The first kappa shape index (κ1) is 13.4. The van der Waals surface area contributed by atoms with Crippen molar-refractivity contribution in [1.29, 1.82) is 0 Å². The molecule has 3 heteroatoms. The molecule has 0 heterocycles. The van der Waals surface area contributed by atoms with Gasteiger partial charge in [0.15, 0.2) is 0 Å². The maximum Gasteiger partial charge on any atom is 0.141 e. The summed E-state index contributed by atoms with van der Waals surface area (Å²) in [4.78, 5) is 11.9. The Morgan fingerprint density at radius 3 is 2.42 bits per heavy atom. The van der Waals surface area contributed by atoms with Crippen molar-refractivity contribution in [2.45, 2.75) is 19.8 Å². The van der Waals surface area contributed by atoms with E-state index in [1.54, 1.807) is 0 Å². The Balaban J connectivity index is 2.10. The molecular weight excluding hydrogens is 246 g/mol. The van der Waals surface area contributed by atoms with Crippen LogP contribution in [0.4, 0.5) is 8.78 Å². The number of carbonyl (C=O) groups excluding carboxylic acids is 1. The largest absolute Gasteiger partial charge is 0.299 e. The van der Waals surface area contributed by atoms with E-state index < -0.39 is 11.6 Å². The topological polar surface area (TPSA) is 17.1 Å². The Labute approximate surface area is 110 Å². The first-order chi connectivity index (χ1) is 9.06. The molecule has 0 amide bonds. The molecule has 2 rings (SSSR count). The normalized spacial score (nSPS) is 10.5. The van der Waals surface area contributed by atoms with Gasteiger partial charge >= 0.3 is 0 Å². The van der Waals surface area contributed by atoms with E-state index in [4.69, 9.17) is 0 Å². The first-order valence-electron chi connectivity index (χ1n) is 6.06. The molecule has 1 nitrogen and oxygen atoms in total. The third-order valence-corrected chi connectivity index (χ3v) is 3.04. The summed E-state index contributed by atoms with van der Waals surface area (Å²) in [5.41, 5.74) is 2.05. The number of rotatable bonds is 4. The van der Waals surface area contributed by atoms with Gasteiger partial charge in [-0.2, -0.15) is 0 Å². The monoisotopic (exact) mass is 260 g/mol. The minimum absolute atomic E-state index is 0.0854. The number of ketones is 1. The molecule has 0 aromatic heterocycles. The quantitative estimate of drug-likeness (QED) is 0.820. The zero-order chi connectivity index (χ0) is 13.8. The van der Waals surface area contributed by atoms with Crippen LogP contribution in [-0.4, -0.2) is 5.78 Å². The summed E-state index contributed by atoms with van der Waals surface area (Å²) in [6, 6.07) is 10.7. The van der Waals surface area contributed by atoms with Crippen LogP contribution < -0.4 is 0 Å². The van der Waals surface area contributed by atoms with Gasteiger partial charge in [-0.1, -0.05) is 24.3 Å². The molecule has 0 aliphatic rings. The van der Waals surface area contributed by atoms with Crippen molar-refractivity contribution in [1.82, 2.24) is 0 Å². The van der Waals surface area contributed by atoms with Crippen LogP contribution in [0.3, 0.4) is 0 Å². The highest BCUT2D eigenvalue weighted by Gasteiger charge is 2.11. The van der Waals surface area contributed by atoms with Gasteiger partial charge in [0.05, 0.1) is 0 Å². The zero-order valence-corrected chi connectivity index (χ0v) is 10.6. The van der Waals surface area contributed by atoms with Crippen molar-refractivity contribution >= 4 is 5.78 Å². The summed E-state index contributed by atoms with van der Waals surface area (Å²) < 4.78 is 26.4. The lowest BCUT2D eigenvalue weighted by Crippen LogP contribution is -2.09. The molecule has 2 aromatic carbocycles. The second-order valence-corrected chi connectivity index (χ2v) is 4.55. The van der Waals surface area contributed by atoms with Gasteiger partial charge in [-0.3, -0.25) is 4.79 Å². The second-order valence-electron chi connectivity index (χ2n) is 4.55. The highest BCUT2D eigenvalue weighted by Crippen LogP contribution is 2.13. The van der Waals surface area contributed by atoms with Crippen molar-refractivity contribution in [2.24, 2.45) is 0 Å². The second kappa shape index (κ2) is 5.74. The maximum atomic E-state index is 13.4. The smallest absolute Gasteiger partial charge is 0.141 e. The lowest BCUT2D eigenvalue weighted by Gasteiger charge is -2.06. The summed E-state index contributed by atoms with van der Waals surface area (Å²) in [6.45, 7) is 1.92. The minimum Gasteiger partial charge on any atom is -0.299 e. The lowest BCUT2D eigenvalue weighted by molar-refractivity contribution is -0.117. The summed E-state index contributed by atoms with van der Waals surface area (Å²) >= 11 is 0. The van der Waals surface area contributed by atoms with E-state index in [9.17, 15) is 13.6 Å². The van der Waals surface area contributed by atoms with Crippen LogP contribution in [0.25, 0.3) is 0 Å². The maximum absolute atomic E-state index is 13.4. The van der Waals surface area contributed by atoms with Crippen LogP contribution >= 0.6 is 0 Å². The fourth-order valence-corrected chi connectivity index (χ4v) is 1.97. The van der Waals surface area contributed by atoms with Crippen molar-refractivity contribution in [3.8, 4) is 0 Å². The standard InChI is InChI=1S/C16H14F2O/c1-11-4-2-3-5-12(11)9-15(19)10-13-8-14(17)6-7-16(13)18/h2-8H,9-10H2,1H3. The molecule has 0 N–H and O–H groups in total. The molecule has 2 aromatic rings. The fraction of sp³-hybridized carbons (Fsp3) is 0.188. The molecule has 0 aliphatic heterocycles. The van der Waals surface area contributed by atoms with E-state index in [1.807, 2.05) is 31.2 Å². The van der Waals surface area contributed by atoms with E-state index in [0.29, 0.717) is 0 Å². The van der Waals surface area contributed by atoms with Crippen LogP contribution in [0.2, 0.25) is 0 Å². The molecule has 0 aliphatic carbocycles. The van der Waals surface area contributed by atoms with Gasteiger partial charge in [0.2, 0.25) is 0 Å². The van der Waals surface area contributed by atoms with E-state index >= 15 is 0 Å². The van der Waals surface area contributed by atoms with Crippen molar-refractivity contribution < 1.29 is 13.6 Å². The van der Waals surface area contributed by atoms with Gasteiger partial charge < -0.3 is 0 Å². The molecule has 0 saturated heterocycles. The summed E-state index contributed by atoms with van der Waals surface area (Å²) in [7, 11) is 0. The molecule has 98 valence electrons. The van der Waals surface area contributed by atoms with Crippen LogP contribution in [0.1, 0.15) is 16.7 Å². The van der Waals surface area contributed by atoms with Crippen molar-refractivity contribution in [3.05, 3.63) is 70.8 Å². The molecule has 0 atom stereocenters. The van der Waals surface area contributed by atoms with E-state index in [1.165, 1.54) is 0 Å². The predicted octanol–water partition coefficient (Wildman–Crippen LogP) is 3.63. The Morgan fingerprint density at radius 1 is 1.00 bits per heavy atom.